The van der Waals surface area contributed by atoms with Gasteiger partial charge >= 0.3 is 0 Å². The van der Waals surface area contributed by atoms with Gasteiger partial charge in [0.05, 0.1) is 41.2 Å². The summed E-state index contributed by atoms with van der Waals surface area (Å²) in [6.07, 6.45) is 0.560. The summed E-state index contributed by atoms with van der Waals surface area (Å²) < 4.78 is 31.1. The van der Waals surface area contributed by atoms with Crippen LogP contribution in [0.25, 0.3) is 0 Å². The molecule has 0 bridgehead atoms. The van der Waals surface area contributed by atoms with E-state index in [2.05, 4.69) is 15.3 Å². The van der Waals surface area contributed by atoms with E-state index in [9.17, 15) is 13.2 Å². The molecule has 2 aromatic rings. The molecule has 0 saturated carbocycles. The lowest BCUT2D eigenvalue weighted by atomic mass is 10.2. The van der Waals surface area contributed by atoms with Crippen LogP contribution in [-0.4, -0.2) is 60.2 Å². The van der Waals surface area contributed by atoms with Crippen LogP contribution in [0.4, 0.5) is 5.69 Å². The second-order valence-corrected chi connectivity index (χ2v) is 9.99. The highest BCUT2D eigenvalue weighted by Gasteiger charge is 2.31. The van der Waals surface area contributed by atoms with Crippen molar-refractivity contribution < 1.29 is 17.9 Å². The Hall–Kier alpha value is -2.39. The third-order valence-corrected chi connectivity index (χ3v) is 7.29. The third kappa shape index (κ3) is 4.30. The van der Waals surface area contributed by atoms with Gasteiger partial charge in [-0.1, -0.05) is 18.2 Å². The van der Waals surface area contributed by atoms with Crippen LogP contribution < -0.4 is 10.1 Å². The first-order chi connectivity index (χ1) is 13.8. The maximum atomic E-state index is 12.7. The van der Waals surface area contributed by atoms with E-state index in [0.29, 0.717) is 37.5 Å². The predicted molar refractivity (Wildman–Crippen MR) is 110 cm³/mol. The highest BCUT2D eigenvalue weighted by atomic mass is 32.2. The summed E-state index contributed by atoms with van der Waals surface area (Å²) in [6, 6.07) is 7.71. The van der Waals surface area contributed by atoms with Crippen molar-refractivity contribution in [3.8, 4) is 5.75 Å². The number of aromatic nitrogens is 2. The zero-order chi connectivity index (χ0) is 20.6. The largest absolute Gasteiger partial charge is 0.492 e. The van der Waals surface area contributed by atoms with Crippen LogP contribution in [0.2, 0.25) is 0 Å². The molecule has 0 aliphatic carbocycles. The average Bonchev–Trinajstić information content (AvgIpc) is 3.06. The summed E-state index contributed by atoms with van der Waals surface area (Å²) in [5, 5.41) is 7.49. The van der Waals surface area contributed by atoms with Crippen molar-refractivity contribution in [2.45, 2.75) is 32.9 Å². The van der Waals surface area contributed by atoms with Gasteiger partial charge in [-0.3, -0.25) is 14.4 Å². The molecule has 1 atom stereocenters. The summed E-state index contributed by atoms with van der Waals surface area (Å²) in [4.78, 5) is 14.8. The molecule has 1 aromatic carbocycles. The number of nitrogens with zero attached hydrogens (tertiary/aromatic N) is 3. The van der Waals surface area contributed by atoms with Crippen LogP contribution in [0, 0.1) is 13.8 Å². The lowest BCUT2D eigenvalue weighted by molar-refractivity contribution is -0.117. The van der Waals surface area contributed by atoms with Crippen LogP contribution in [-0.2, 0) is 21.2 Å². The van der Waals surface area contributed by atoms with E-state index < -0.39 is 9.84 Å². The van der Waals surface area contributed by atoms with Crippen molar-refractivity contribution in [2.24, 2.45) is 0 Å². The normalized spacial score (nSPS) is 21.2. The molecule has 1 saturated heterocycles. The molecule has 9 heteroatoms. The molecule has 1 amide bonds. The number of nitrogens with one attached hydrogen (secondary N) is 1. The fourth-order valence-electron chi connectivity index (χ4n) is 4.06. The number of rotatable bonds is 4. The number of sulfone groups is 1. The Morgan fingerprint density at radius 1 is 1.31 bits per heavy atom. The minimum atomic E-state index is -3.00. The SMILES string of the molecule is Cc1nn(C2CCS(=O)(=O)C2)c(C)c1NC(=O)CN1CCOc2ccccc2C1. The highest BCUT2D eigenvalue weighted by Crippen LogP contribution is 2.29. The van der Waals surface area contributed by atoms with Crippen molar-refractivity contribution in [3.05, 3.63) is 41.2 Å². The Balaban J connectivity index is 1.44. The molecule has 1 fully saturated rings. The van der Waals surface area contributed by atoms with E-state index in [1.807, 2.05) is 38.1 Å². The second kappa shape index (κ2) is 7.79. The molecule has 1 N–H and O–H groups in total. The number of ether oxygens (including phenoxy) is 1. The van der Waals surface area contributed by atoms with Crippen LogP contribution in [0.15, 0.2) is 24.3 Å². The third-order valence-electron chi connectivity index (χ3n) is 5.54. The summed E-state index contributed by atoms with van der Waals surface area (Å²) >= 11 is 0. The van der Waals surface area contributed by atoms with Crippen LogP contribution in [0.1, 0.15) is 29.4 Å². The molecule has 2 aliphatic rings. The molecule has 1 unspecified atom stereocenters. The first kappa shape index (κ1) is 19.9. The number of hydrogen-bond donors (Lipinski definition) is 1. The molecule has 29 heavy (non-hydrogen) atoms. The molecule has 3 heterocycles. The van der Waals surface area contributed by atoms with Crippen molar-refractivity contribution in [2.75, 3.05) is 36.5 Å². The Morgan fingerprint density at radius 3 is 2.86 bits per heavy atom. The average molecular weight is 419 g/mol. The Labute approximate surface area is 170 Å². The Bertz CT molecular complexity index is 1030. The van der Waals surface area contributed by atoms with E-state index >= 15 is 0 Å². The molecule has 1 aromatic heterocycles. The molecule has 2 aliphatic heterocycles. The van der Waals surface area contributed by atoms with Crippen LogP contribution >= 0.6 is 0 Å². The van der Waals surface area contributed by atoms with Crippen LogP contribution in [0.5, 0.6) is 5.75 Å². The van der Waals surface area contributed by atoms with Gasteiger partial charge in [-0.25, -0.2) is 8.42 Å². The maximum absolute atomic E-state index is 12.7. The van der Waals surface area contributed by atoms with Gasteiger partial charge in [-0.15, -0.1) is 0 Å². The number of amides is 1. The minimum absolute atomic E-state index is 0.107. The fourth-order valence-corrected chi connectivity index (χ4v) is 5.76. The Morgan fingerprint density at radius 2 is 2.10 bits per heavy atom. The highest BCUT2D eigenvalue weighted by molar-refractivity contribution is 7.91. The quantitative estimate of drug-likeness (QED) is 0.812. The summed E-state index contributed by atoms with van der Waals surface area (Å²) in [7, 11) is -3.00. The van der Waals surface area contributed by atoms with Crippen molar-refractivity contribution in [3.63, 3.8) is 0 Å². The molecule has 4 rings (SSSR count). The lowest BCUT2D eigenvalue weighted by Gasteiger charge is -2.19. The van der Waals surface area contributed by atoms with E-state index in [1.165, 1.54) is 0 Å². The molecular formula is C20H26N4O4S. The minimum Gasteiger partial charge on any atom is -0.492 e. The summed E-state index contributed by atoms with van der Waals surface area (Å²) in [5.41, 5.74) is 3.23. The smallest absolute Gasteiger partial charge is 0.238 e. The molecule has 8 nitrogen and oxygen atoms in total. The van der Waals surface area contributed by atoms with Gasteiger partial charge in [0.1, 0.15) is 12.4 Å². The molecule has 156 valence electrons. The van der Waals surface area contributed by atoms with E-state index in [0.717, 1.165) is 17.0 Å². The zero-order valence-corrected chi connectivity index (χ0v) is 17.5. The number of carbonyl (C=O) groups excluding carboxylic acids is 1. The monoisotopic (exact) mass is 418 g/mol. The van der Waals surface area contributed by atoms with Gasteiger partial charge in [0.25, 0.3) is 0 Å². The van der Waals surface area contributed by atoms with Gasteiger partial charge in [0, 0.05) is 18.7 Å². The van der Waals surface area contributed by atoms with Gasteiger partial charge in [-0.2, -0.15) is 5.10 Å². The van der Waals surface area contributed by atoms with Crippen molar-refractivity contribution >= 4 is 21.4 Å². The fraction of sp³-hybridized carbons (Fsp3) is 0.500. The zero-order valence-electron chi connectivity index (χ0n) is 16.7. The molecular weight excluding hydrogens is 392 g/mol. The van der Waals surface area contributed by atoms with Crippen molar-refractivity contribution in [1.82, 2.24) is 14.7 Å². The Kier molecular flexibility index (Phi) is 5.35. The number of aryl methyl sites for hydroxylation is 1. The number of benzene rings is 1. The van der Waals surface area contributed by atoms with Gasteiger partial charge in [0.2, 0.25) is 5.91 Å². The summed E-state index contributed by atoms with van der Waals surface area (Å²) in [5.74, 6) is 1.05. The maximum Gasteiger partial charge on any atom is 0.238 e. The number of anilines is 1. The number of hydrogen-bond acceptors (Lipinski definition) is 6. The van der Waals surface area contributed by atoms with Crippen molar-refractivity contribution in [1.29, 1.82) is 0 Å². The van der Waals surface area contributed by atoms with Gasteiger partial charge < -0.3 is 10.1 Å². The summed E-state index contributed by atoms with van der Waals surface area (Å²) in [6.45, 7) is 5.81. The topological polar surface area (TPSA) is 93.5 Å². The van der Waals surface area contributed by atoms with Crippen LogP contribution in [0.3, 0.4) is 0 Å². The lowest BCUT2D eigenvalue weighted by Crippen LogP contribution is -2.34. The van der Waals surface area contributed by atoms with E-state index in [-0.39, 0.29) is 30.0 Å². The molecule has 0 spiro atoms. The standard InChI is InChI=1S/C20H26N4O4S/c1-14-20(15(2)24(22-14)17-7-10-29(26,27)13-17)21-19(25)12-23-8-9-28-18-6-4-3-5-16(18)11-23/h3-6,17H,7-13H2,1-2H3,(H,21,25). The number of para-hydroxylation sites is 1. The van der Waals surface area contributed by atoms with E-state index in [1.54, 1.807) is 4.68 Å². The number of carbonyl (C=O) groups is 1. The second-order valence-electron chi connectivity index (χ2n) is 7.76. The first-order valence-electron chi connectivity index (χ1n) is 9.81. The first-order valence-corrected chi connectivity index (χ1v) is 11.6. The van der Waals surface area contributed by atoms with Gasteiger partial charge in [-0.05, 0) is 26.3 Å². The predicted octanol–water partition coefficient (Wildman–Crippen LogP) is 1.69. The number of fused-ring (bicyclic) bond motifs is 1. The molecule has 0 radical (unpaired) electrons. The van der Waals surface area contributed by atoms with Gasteiger partial charge in [0.15, 0.2) is 9.84 Å². The van der Waals surface area contributed by atoms with E-state index in [4.69, 9.17) is 4.74 Å².